The summed E-state index contributed by atoms with van der Waals surface area (Å²) in [6, 6.07) is 8.16. The lowest BCUT2D eigenvalue weighted by atomic mass is 10.2. The second kappa shape index (κ2) is 9.38. The molecule has 0 aliphatic carbocycles. The molecule has 0 bridgehead atoms. The van der Waals surface area contributed by atoms with Crippen LogP contribution < -0.4 is 9.64 Å². The summed E-state index contributed by atoms with van der Waals surface area (Å²) in [7, 11) is 0. The maximum Gasteiger partial charge on any atom is 0.121 e. The standard InChI is InChI=1S/C14H20INO4/c15-20-11-9-18-8-10-19-14-3-1-2-13(12-14)16-4-6-17-7-5-16/h1-3,12H,4-11H2. The largest absolute Gasteiger partial charge is 0.491 e. The minimum absolute atomic E-state index is 0.549. The highest BCUT2D eigenvalue weighted by molar-refractivity contribution is 14.1. The molecule has 112 valence electrons. The molecule has 2 rings (SSSR count). The molecule has 0 saturated carbocycles. The molecule has 1 aliphatic heterocycles. The third kappa shape index (κ3) is 5.43. The molecule has 1 saturated heterocycles. The fourth-order valence-electron chi connectivity index (χ4n) is 2.00. The van der Waals surface area contributed by atoms with E-state index in [1.54, 1.807) is 0 Å². The number of halogens is 1. The van der Waals surface area contributed by atoms with Gasteiger partial charge < -0.3 is 22.2 Å². The summed E-state index contributed by atoms with van der Waals surface area (Å²) in [5, 5.41) is 0. The van der Waals surface area contributed by atoms with Crippen molar-refractivity contribution in [2.45, 2.75) is 0 Å². The Morgan fingerprint density at radius 3 is 2.70 bits per heavy atom. The monoisotopic (exact) mass is 393 g/mol. The summed E-state index contributed by atoms with van der Waals surface area (Å²) in [5.74, 6) is 0.878. The highest BCUT2D eigenvalue weighted by atomic mass is 127. The molecule has 0 radical (unpaired) electrons. The van der Waals surface area contributed by atoms with E-state index in [0.717, 1.165) is 32.1 Å². The van der Waals surface area contributed by atoms with E-state index in [9.17, 15) is 0 Å². The van der Waals surface area contributed by atoms with Crippen LogP contribution in [0.15, 0.2) is 24.3 Å². The van der Waals surface area contributed by atoms with E-state index >= 15 is 0 Å². The van der Waals surface area contributed by atoms with Crippen molar-refractivity contribution in [3.05, 3.63) is 24.3 Å². The molecule has 20 heavy (non-hydrogen) atoms. The fourth-order valence-corrected chi connectivity index (χ4v) is 2.18. The van der Waals surface area contributed by atoms with Gasteiger partial charge in [0.1, 0.15) is 35.4 Å². The van der Waals surface area contributed by atoms with Gasteiger partial charge in [0.25, 0.3) is 0 Å². The van der Waals surface area contributed by atoms with E-state index in [2.05, 4.69) is 17.0 Å². The average molecular weight is 393 g/mol. The van der Waals surface area contributed by atoms with E-state index in [0.29, 0.717) is 26.4 Å². The van der Waals surface area contributed by atoms with Gasteiger partial charge >= 0.3 is 0 Å². The van der Waals surface area contributed by atoms with Gasteiger partial charge in [0.15, 0.2) is 0 Å². The van der Waals surface area contributed by atoms with Gasteiger partial charge in [-0.3, -0.25) is 0 Å². The maximum absolute atomic E-state index is 5.69. The summed E-state index contributed by atoms with van der Waals surface area (Å²) < 4.78 is 21.3. The number of morpholine rings is 1. The van der Waals surface area contributed by atoms with Gasteiger partial charge in [-0.1, -0.05) is 6.07 Å². The van der Waals surface area contributed by atoms with Crippen molar-refractivity contribution < 1.29 is 17.3 Å². The Labute approximate surface area is 133 Å². The zero-order chi connectivity index (χ0) is 14.0. The lowest BCUT2D eigenvalue weighted by Gasteiger charge is -2.29. The highest BCUT2D eigenvalue weighted by Gasteiger charge is 2.11. The Morgan fingerprint density at radius 1 is 1.10 bits per heavy atom. The van der Waals surface area contributed by atoms with Crippen LogP contribution in [-0.4, -0.2) is 52.7 Å². The highest BCUT2D eigenvalue weighted by Crippen LogP contribution is 2.21. The number of benzene rings is 1. The summed E-state index contributed by atoms with van der Waals surface area (Å²) in [6.07, 6.45) is 0. The summed E-state index contributed by atoms with van der Waals surface area (Å²) in [6.45, 7) is 5.77. The lowest BCUT2D eigenvalue weighted by Crippen LogP contribution is -2.36. The van der Waals surface area contributed by atoms with Crippen molar-refractivity contribution in [3.63, 3.8) is 0 Å². The van der Waals surface area contributed by atoms with E-state index in [4.69, 9.17) is 17.3 Å². The Bertz CT molecular complexity index is 385. The van der Waals surface area contributed by atoms with Gasteiger partial charge in [-0.2, -0.15) is 0 Å². The summed E-state index contributed by atoms with van der Waals surface area (Å²) in [4.78, 5) is 2.31. The average Bonchev–Trinajstić information content (AvgIpc) is 2.52. The first kappa shape index (κ1) is 15.8. The molecular weight excluding hydrogens is 373 g/mol. The van der Waals surface area contributed by atoms with Gasteiger partial charge in [-0.15, -0.1) is 0 Å². The first-order chi connectivity index (χ1) is 9.90. The van der Waals surface area contributed by atoms with Crippen LogP contribution in [0, 0.1) is 0 Å². The summed E-state index contributed by atoms with van der Waals surface area (Å²) in [5.41, 5.74) is 1.19. The maximum atomic E-state index is 5.69. The number of rotatable bonds is 8. The van der Waals surface area contributed by atoms with E-state index in [1.165, 1.54) is 5.69 Å². The molecule has 0 atom stereocenters. The normalized spacial score (nSPS) is 15.3. The number of ether oxygens (including phenoxy) is 3. The summed E-state index contributed by atoms with van der Waals surface area (Å²) >= 11 is 1.86. The minimum Gasteiger partial charge on any atom is -0.491 e. The minimum atomic E-state index is 0.549. The molecular formula is C14H20INO4. The van der Waals surface area contributed by atoms with Crippen molar-refractivity contribution in [3.8, 4) is 5.75 Å². The van der Waals surface area contributed by atoms with Crippen LogP contribution in [0.2, 0.25) is 0 Å². The molecule has 1 aliphatic rings. The predicted molar refractivity (Wildman–Crippen MR) is 85.8 cm³/mol. The van der Waals surface area contributed by atoms with Crippen LogP contribution >= 0.6 is 23.0 Å². The zero-order valence-electron chi connectivity index (χ0n) is 11.4. The Morgan fingerprint density at radius 2 is 1.90 bits per heavy atom. The van der Waals surface area contributed by atoms with E-state index in [1.807, 2.05) is 35.1 Å². The third-order valence-corrected chi connectivity index (χ3v) is 3.44. The van der Waals surface area contributed by atoms with Gasteiger partial charge in [-0.25, -0.2) is 0 Å². The van der Waals surface area contributed by atoms with Crippen molar-refractivity contribution in [1.29, 1.82) is 0 Å². The first-order valence-corrected chi connectivity index (χ1v) is 7.65. The van der Waals surface area contributed by atoms with Crippen LogP contribution in [0.25, 0.3) is 0 Å². The Balaban J connectivity index is 1.74. The Kier molecular flexibility index (Phi) is 7.42. The van der Waals surface area contributed by atoms with Gasteiger partial charge in [0.2, 0.25) is 0 Å². The number of hydrogen-bond donors (Lipinski definition) is 0. The topological polar surface area (TPSA) is 40.2 Å². The smallest absolute Gasteiger partial charge is 0.121 e. The van der Waals surface area contributed by atoms with Crippen LogP contribution in [0.1, 0.15) is 0 Å². The molecule has 6 heteroatoms. The number of nitrogens with zero attached hydrogens (tertiary/aromatic N) is 1. The molecule has 1 aromatic carbocycles. The van der Waals surface area contributed by atoms with Gasteiger partial charge in [0, 0.05) is 24.8 Å². The first-order valence-electron chi connectivity index (χ1n) is 6.77. The molecule has 0 amide bonds. The fraction of sp³-hybridized carbons (Fsp3) is 0.571. The number of hydrogen-bond acceptors (Lipinski definition) is 5. The lowest BCUT2D eigenvalue weighted by molar-refractivity contribution is 0.0854. The quantitative estimate of drug-likeness (QED) is 0.501. The SMILES string of the molecule is IOCCOCCOc1cccc(N2CCOCC2)c1. The molecule has 1 fully saturated rings. The van der Waals surface area contributed by atoms with Crippen LogP contribution in [0.4, 0.5) is 5.69 Å². The Hall–Kier alpha value is -0.570. The molecule has 1 aromatic rings. The molecule has 0 unspecified atom stereocenters. The predicted octanol–water partition coefficient (Wildman–Crippen LogP) is 2.29. The van der Waals surface area contributed by atoms with E-state index in [-0.39, 0.29) is 0 Å². The molecule has 1 heterocycles. The van der Waals surface area contributed by atoms with E-state index < -0.39 is 0 Å². The van der Waals surface area contributed by atoms with Crippen LogP contribution in [-0.2, 0) is 12.5 Å². The van der Waals surface area contributed by atoms with Crippen molar-refractivity contribution in [2.75, 3.05) is 57.6 Å². The molecule has 0 spiro atoms. The van der Waals surface area contributed by atoms with Crippen molar-refractivity contribution in [2.24, 2.45) is 0 Å². The second-order valence-electron chi connectivity index (χ2n) is 4.37. The van der Waals surface area contributed by atoms with Crippen LogP contribution in [0.5, 0.6) is 5.75 Å². The molecule has 0 N–H and O–H groups in total. The second-order valence-corrected chi connectivity index (χ2v) is 4.99. The van der Waals surface area contributed by atoms with Gasteiger partial charge in [0.05, 0.1) is 33.0 Å². The third-order valence-electron chi connectivity index (χ3n) is 3.00. The number of anilines is 1. The van der Waals surface area contributed by atoms with Crippen LogP contribution in [0.3, 0.4) is 0 Å². The molecule has 5 nitrogen and oxygen atoms in total. The van der Waals surface area contributed by atoms with Crippen molar-refractivity contribution >= 4 is 28.7 Å². The molecule has 0 aromatic heterocycles. The van der Waals surface area contributed by atoms with Crippen molar-refractivity contribution in [1.82, 2.24) is 0 Å². The van der Waals surface area contributed by atoms with Gasteiger partial charge in [-0.05, 0) is 12.1 Å². The zero-order valence-corrected chi connectivity index (χ0v) is 13.6.